The van der Waals surface area contributed by atoms with Gasteiger partial charge in [0.15, 0.2) is 0 Å². The molecule has 3 rings (SSSR count). The minimum Gasteiger partial charge on any atom is -0.350 e. The molecule has 1 fully saturated rings. The molecule has 0 aliphatic carbocycles. The Morgan fingerprint density at radius 2 is 2.13 bits per heavy atom. The van der Waals surface area contributed by atoms with Crippen molar-refractivity contribution in [2.45, 2.75) is 24.9 Å². The lowest BCUT2D eigenvalue weighted by Crippen LogP contribution is -2.54. The Balaban J connectivity index is 1.78. The number of piperidine rings is 1. The average molecular weight is 320 g/mol. The molecule has 1 amide bonds. The van der Waals surface area contributed by atoms with Gasteiger partial charge in [0.2, 0.25) is 5.91 Å². The number of benzene rings is 1. The van der Waals surface area contributed by atoms with Crippen LogP contribution in [0.1, 0.15) is 18.4 Å². The van der Waals surface area contributed by atoms with Crippen LogP contribution in [0, 0.1) is 11.6 Å². The summed E-state index contributed by atoms with van der Waals surface area (Å²) in [7, 11) is 0. The summed E-state index contributed by atoms with van der Waals surface area (Å²) in [6.45, 7) is 1.34. The van der Waals surface area contributed by atoms with Gasteiger partial charge in [-0.25, -0.2) is 8.78 Å². The van der Waals surface area contributed by atoms with Crippen LogP contribution in [-0.4, -0.2) is 28.8 Å². The molecule has 1 saturated heterocycles. The lowest BCUT2D eigenvalue weighted by Gasteiger charge is -2.36. The van der Waals surface area contributed by atoms with Gasteiger partial charge in [-0.2, -0.15) is 5.10 Å². The van der Waals surface area contributed by atoms with Gasteiger partial charge in [-0.15, -0.1) is 0 Å². The molecule has 7 heteroatoms. The number of amides is 1. The van der Waals surface area contributed by atoms with Gasteiger partial charge in [0.1, 0.15) is 17.2 Å². The molecule has 1 aromatic carbocycles. The van der Waals surface area contributed by atoms with E-state index in [4.69, 9.17) is 0 Å². The Kier molecular flexibility index (Phi) is 4.38. The van der Waals surface area contributed by atoms with Gasteiger partial charge in [-0.3, -0.25) is 9.48 Å². The lowest BCUT2D eigenvalue weighted by molar-refractivity contribution is -0.132. The van der Waals surface area contributed by atoms with Crippen LogP contribution in [0.15, 0.2) is 36.7 Å². The molecule has 5 nitrogen and oxygen atoms in total. The van der Waals surface area contributed by atoms with Crippen molar-refractivity contribution in [3.8, 4) is 0 Å². The van der Waals surface area contributed by atoms with E-state index < -0.39 is 17.2 Å². The number of carbonyl (C=O) groups is 1. The van der Waals surface area contributed by atoms with E-state index in [1.165, 1.54) is 0 Å². The van der Waals surface area contributed by atoms with E-state index >= 15 is 0 Å². The maximum Gasteiger partial charge on any atom is 0.248 e. The van der Waals surface area contributed by atoms with Crippen molar-refractivity contribution in [2.75, 3.05) is 13.1 Å². The Hall–Kier alpha value is -2.28. The van der Waals surface area contributed by atoms with E-state index in [0.29, 0.717) is 25.9 Å². The van der Waals surface area contributed by atoms with Gasteiger partial charge in [-0.1, -0.05) is 0 Å². The molecule has 0 unspecified atom stereocenters. The van der Waals surface area contributed by atoms with E-state index in [2.05, 4.69) is 15.7 Å². The highest BCUT2D eigenvalue weighted by Gasteiger charge is 2.41. The fraction of sp³-hybridized carbons (Fsp3) is 0.375. The fourth-order valence-corrected chi connectivity index (χ4v) is 2.94. The molecule has 122 valence electrons. The van der Waals surface area contributed by atoms with Crippen LogP contribution in [0.3, 0.4) is 0 Å². The first-order valence-electron chi connectivity index (χ1n) is 7.55. The summed E-state index contributed by atoms with van der Waals surface area (Å²) in [5.41, 5.74) is -0.665. The molecule has 23 heavy (non-hydrogen) atoms. The molecule has 1 aliphatic heterocycles. The highest BCUT2D eigenvalue weighted by atomic mass is 19.1. The number of rotatable bonds is 4. The molecule has 2 N–H and O–H groups in total. The summed E-state index contributed by atoms with van der Waals surface area (Å²) >= 11 is 0. The van der Waals surface area contributed by atoms with Crippen molar-refractivity contribution in [3.05, 3.63) is 53.9 Å². The van der Waals surface area contributed by atoms with Gasteiger partial charge in [0.05, 0.1) is 0 Å². The topological polar surface area (TPSA) is 59.0 Å². The largest absolute Gasteiger partial charge is 0.350 e. The maximum absolute atomic E-state index is 13.7. The zero-order chi connectivity index (χ0) is 16.3. The van der Waals surface area contributed by atoms with Gasteiger partial charge in [0, 0.05) is 24.5 Å². The van der Waals surface area contributed by atoms with Gasteiger partial charge >= 0.3 is 0 Å². The van der Waals surface area contributed by atoms with Crippen LogP contribution in [0.4, 0.5) is 8.78 Å². The second-order valence-electron chi connectivity index (χ2n) is 5.65. The minimum absolute atomic E-state index is 0.0567. The minimum atomic E-state index is -0.793. The van der Waals surface area contributed by atoms with Gasteiger partial charge < -0.3 is 10.6 Å². The molecule has 0 spiro atoms. The zero-order valence-corrected chi connectivity index (χ0v) is 12.6. The quantitative estimate of drug-likeness (QED) is 0.899. The monoisotopic (exact) mass is 320 g/mol. The number of nitrogens with one attached hydrogen (secondary N) is 2. The highest BCUT2D eigenvalue weighted by Crippen LogP contribution is 2.27. The third kappa shape index (κ3) is 3.10. The van der Waals surface area contributed by atoms with Gasteiger partial charge in [-0.05, 0) is 50.2 Å². The summed E-state index contributed by atoms with van der Waals surface area (Å²) in [5, 5.41) is 10.2. The average Bonchev–Trinajstić information content (AvgIpc) is 3.11. The van der Waals surface area contributed by atoms with Crippen molar-refractivity contribution in [3.63, 3.8) is 0 Å². The van der Waals surface area contributed by atoms with Crippen LogP contribution >= 0.6 is 0 Å². The molecule has 0 atom stereocenters. The summed E-state index contributed by atoms with van der Waals surface area (Å²) < 4.78 is 28.6. The van der Waals surface area contributed by atoms with Crippen LogP contribution in [0.5, 0.6) is 0 Å². The first-order chi connectivity index (χ1) is 11.1. The molecular formula is C16H18F2N4O. The van der Waals surface area contributed by atoms with E-state index in [1.807, 2.05) is 0 Å². The molecular weight excluding hydrogens is 302 g/mol. The van der Waals surface area contributed by atoms with Crippen molar-refractivity contribution in [1.82, 2.24) is 20.4 Å². The van der Waals surface area contributed by atoms with Crippen molar-refractivity contribution < 1.29 is 13.6 Å². The summed E-state index contributed by atoms with van der Waals surface area (Å²) in [6, 6.07) is 4.98. The molecule has 0 bridgehead atoms. The normalized spacial score (nSPS) is 17.0. The number of hydrogen-bond donors (Lipinski definition) is 2. The van der Waals surface area contributed by atoms with E-state index in [9.17, 15) is 13.6 Å². The van der Waals surface area contributed by atoms with Crippen molar-refractivity contribution in [1.29, 1.82) is 0 Å². The fourth-order valence-electron chi connectivity index (χ4n) is 2.94. The zero-order valence-electron chi connectivity index (χ0n) is 12.6. The summed E-state index contributed by atoms with van der Waals surface area (Å²) in [5.74, 6) is -1.30. The number of nitrogens with zero attached hydrogens (tertiary/aromatic N) is 2. The Labute approximate surface area is 132 Å². The maximum atomic E-state index is 13.7. The standard InChI is InChI=1S/C16H18F2N4O/c17-13-2-3-14(18)12(10-13)11-20-15(23)16(4-7-19-8-5-16)22-9-1-6-21-22/h1-3,6,9-10,19H,4-5,7-8,11H2,(H,20,23). The molecule has 2 aromatic rings. The summed E-state index contributed by atoms with van der Waals surface area (Å²) in [6.07, 6.45) is 4.56. The Morgan fingerprint density at radius 3 is 2.83 bits per heavy atom. The molecule has 0 saturated carbocycles. The number of halogens is 2. The molecule has 1 aliphatic rings. The van der Waals surface area contributed by atoms with Crippen molar-refractivity contribution >= 4 is 5.91 Å². The second kappa shape index (κ2) is 6.45. The van der Waals surface area contributed by atoms with Crippen LogP contribution in [0.2, 0.25) is 0 Å². The second-order valence-corrected chi connectivity index (χ2v) is 5.65. The first kappa shape index (κ1) is 15.6. The number of aromatic nitrogens is 2. The van der Waals surface area contributed by atoms with E-state index in [1.54, 1.807) is 23.1 Å². The lowest BCUT2D eigenvalue weighted by atomic mass is 9.87. The van der Waals surface area contributed by atoms with Crippen LogP contribution in [-0.2, 0) is 16.9 Å². The SMILES string of the molecule is O=C(NCc1cc(F)ccc1F)C1(n2cccn2)CCNCC1. The van der Waals surface area contributed by atoms with Crippen LogP contribution < -0.4 is 10.6 Å². The molecule has 2 heterocycles. The third-order valence-electron chi connectivity index (χ3n) is 4.24. The molecule has 1 aromatic heterocycles. The third-order valence-corrected chi connectivity index (χ3v) is 4.24. The Bertz CT molecular complexity index is 681. The summed E-state index contributed by atoms with van der Waals surface area (Å²) in [4.78, 5) is 12.8. The number of carbonyl (C=O) groups excluding carboxylic acids is 1. The van der Waals surface area contributed by atoms with E-state index in [0.717, 1.165) is 18.2 Å². The molecule has 0 radical (unpaired) electrons. The predicted molar refractivity (Wildman–Crippen MR) is 80.5 cm³/mol. The predicted octanol–water partition coefficient (Wildman–Crippen LogP) is 1.56. The van der Waals surface area contributed by atoms with E-state index in [-0.39, 0.29) is 18.0 Å². The first-order valence-corrected chi connectivity index (χ1v) is 7.55. The van der Waals surface area contributed by atoms with Crippen LogP contribution in [0.25, 0.3) is 0 Å². The smallest absolute Gasteiger partial charge is 0.248 e. The highest BCUT2D eigenvalue weighted by molar-refractivity contribution is 5.84. The Morgan fingerprint density at radius 1 is 1.35 bits per heavy atom. The number of hydrogen-bond acceptors (Lipinski definition) is 3. The van der Waals surface area contributed by atoms with Crippen molar-refractivity contribution in [2.24, 2.45) is 0 Å². The van der Waals surface area contributed by atoms with Gasteiger partial charge in [0.25, 0.3) is 0 Å².